The molecule has 146 valence electrons. The van der Waals surface area contributed by atoms with E-state index in [9.17, 15) is 9.18 Å². The Morgan fingerprint density at radius 1 is 1.36 bits per heavy atom. The first kappa shape index (κ1) is 18.7. The first-order valence-corrected chi connectivity index (χ1v) is 9.12. The van der Waals surface area contributed by atoms with Crippen molar-refractivity contribution >= 4 is 23.5 Å². The molecule has 0 saturated carbocycles. The zero-order valence-electron chi connectivity index (χ0n) is 15.4. The van der Waals surface area contributed by atoms with Gasteiger partial charge < -0.3 is 15.2 Å². The summed E-state index contributed by atoms with van der Waals surface area (Å²) in [6, 6.07) is 9.63. The third-order valence-electron chi connectivity index (χ3n) is 5.10. The number of rotatable bonds is 3. The number of carbonyl (C=O) groups excluding carboxylic acids is 1. The topological polar surface area (TPSA) is 77.2 Å². The van der Waals surface area contributed by atoms with Crippen LogP contribution in [-0.4, -0.2) is 43.6 Å². The number of halogens is 2. The number of benzene rings is 2. The molecule has 0 radical (unpaired) electrons. The van der Waals surface area contributed by atoms with E-state index < -0.39 is 11.4 Å². The van der Waals surface area contributed by atoms with Crippen LogP contribution in [0.25, 0.3) is 11.1 Å². The number of carbonyl (C=O) groups is 1. The zero-order valence-corrected chi connectivity index (χ0v) is 16.2. The summed E-state index contributed by atoms with van der Waals surface area (Å²) in [5.41, 5.74) is 6.65. The highest BCUT2D eigenvalue weighted by atomic mass is 35.5. The molecule has 2 aromatic rings. The number of ether oxygens (including phenoxy) is 2. The minimum Gasteiger partial charge on any atom is -0.488 e. The van der Waals surface area contributed by atoms with Crippen LogP contribution in [0.15, 0.2) is 41.4 Å². The van der Waals surface area contributed by atoms with Gasteiger partial charge >= 0.3 is 0 Å². The zero-order chi connectivity index (χ0) is 20.1. The summed E-state index contributed by atoms with van der Waals surface area (Å²) in [6.45, 7) is 0.314. The summed E-state index contributed by atoms with van der Waals surface area (Å²) >= 11 is 6.00. The summed E-state index contributed by atoms with van der Waals surface area (Å²) < 4.78 is 25.1. The van der Waals surface area contributed by atoms with Gasteiger partial charge in [0.25, 0.3) is 5.91 Å². The van der Waals surface area contributed by atoms with Crippen LogP contribution in [0.5, 0.6) is 5.75 Å². The second kappa shape index (κ2) is 6.76. The van der Waals surface area contributed by atoms with E-state index in [-0.39, 0.29) is 23.0 Å². The molecule has 1 spiro atoms. The van der Waals surface area contributed by atoms with Crippen LogP contribution in [0.1, 0.15) is 12.0 Å². The lowest BCUT2D eigenvalue weighted by Gasteiger charge is -2.36. The molecule has 2 N–H and O–H groups in total. The number of aliphatic imine (C=N–C) groups is 1. The van der Waals surface area contributed by atoms with E-state index in [0.717, 1.165) is 0 Å². The monoisotopic (exact) mass is 403 g/mol. The molecule has 2 aliphatic rings. The van der Waals surface area contributed by atoms with Gasteiger partial charge in [-0.05, 0) is 41.5 Å². The highest BCUT2D eigenvalue weighted by Gasteiger charge is 2.53. The lowest BCUT2D eigenvalue weighted by atomic mass is 9.80. The fourth-order valence-corrected chi connectivity index (χ4v) is 4.03. The average Bonchev–Trinajstić information content (AvgIpc) is 2.85. The summed E-state index contributed by atoms with van der Waals surface area (Å²) in [4.78, 5) is 19.0. The maximum atomic E-state index is 13.8. The van der Waals surface area contributed by atoms with Gasteiger partial charge in [0.15, 0.2) is 11.5 Å². The second-order valence-corrected chi connectivity index (χ2v) is 7.40. The van der Waals surface area contributed by atoms with Crippen LogP contribution in [-0.2, 0) is 15.1 Å². The van der Waals surface area contributed by atoms with Crippen LogP contribution in [0.4, 0.5) is 4.39 Å². The van der Waals surface area contributed by atoms with E-state index in [2.05, 4.69) is 4.99 Å². The van der Waals surface area contributed by atoms with Crippen LogP contribution < -0.4 is 10.5 Å². The molecule has 0 saturated heterocycles. The Morgan fingerprint density at radius 3 is 2.79 bits per heavy atom. The highest BCUT2D eigenvalue weighted by molar-refractivity contribution is 6.30. The van der Waals surface area contributed by atoms with Crippen molar-refractivity contribution in [1.82, 2.24) is 4.90 Å². The number of fused-ring (bicyclic) bond motifs is 2. The second-order valence-electron chi connectivity index (χ2n) is 6.96. The molecule has 8 heteroatoms. The molecule has 0 bridgehead atoms. The normalized spacial score (nSPS) is 23.6. The van der Waals surface area contributed by atoms with E-state index in [4.69, 9.17) is 26.8 Å². The Labute approximate surface area is 166 Å². The van der Waals surface area contributed by atoms with Crippen molar-refractivity contribution < 1.29 is 18.7 Å². The van der Waals surface area contributed by atoms with Crippen LogP contribution in [0.3, 0.4) is 0 Å². The van der Waals surface area contributed by atoms with Crippen LogP contribution >= 0.6 is 11.6 Å². The molecule has 2 atom stereocenters. The lowest BCUT2D eigenvalue weighted by molar-refractivity contribution is -0.132. The number of methoxy groups -OCH3 is 1. The van der Waals surface area contributed by atoms with Gasteiger partial charge in [0, 0.05) is 31.2 Å². The quantitative estimate of drug-likeness (QED) is 0.854. The number of amides is 1. The standard InChI is InChI=1S/C20H19ClFN3O3/c1-25-18(26)20(24-19(25)23)9-15(10-27-2)28-17-4-3-11(7-16(17)20)12-5-13(21)8-14(22)6-12/h3-8,15H,9-10H2,1-2H3,(H2,23,24). The van der Waals surface area contributed by atoms with Gasteiger partial charge in [0.1, 0.15) is 17.7 Å². The fraction of sp³-hybridized carbons (Fsp3) is 0.300. The predicted molar refractivity (Wildman–Crippen MR) is 104 cm³/mol. The van der Waals surface area contributed by atoms with E-state index in [1.165, 1.54) is 17.0 Å². The highest BCUT2D eigenvalue weighted by Crippen LogP contribution is 2.47. The maximum absolute atomic E-state index is 13.8. The molecule has 2 unspecified atom stereocenters. The molecule has 0 aliphatic carbocycles. The summed E-state index contributed by atoms with van der Waals surface area (Å²) in [5, 5.41) is 0.290. The number of nitrogens with two attached hydrogens (primary N) is 1. The van der Waals surface area contributed by atoms with E-state index in [1.807, 2.05) is 0 Å². The molecule has 2 aromatic carbocycles. The number of hydrogen-bond acceptors (Lipinski definition) is 5. The SMILES string of the molecule is COCC1CC2(N=C(N)N(C)C2=O)c2cc(-c3cc(F)cc(Cl)c3)ccc2O1. The maximum Gasteiger partial charge on any atom is 0.261 e. The number of nitrogens with zero attached hydrogens (tertiary/aromatic N) is 2. The Hall–Kier alpha value is -2.64. The first-order chi connectivity index (χ1) is 13.3. The van der Waals surface area contributed by atoms with Gasteiger partial charge in [0.2, 0.25) is 0 Å². The molecule has 6 nitrogen and oxygen atoms in total. The summed E-state index contributed by atoms with van der Waals surface area (Å²) in [6.07, 6.45) is -0.0515. The van der Waals surface area contributed by atoms with Crippen molar-refractivity contribution in [3.05, 3.63) is 52.8 Å². The van der Waals surface area contributed by atoms with E-state index >= 15 is 0 Å². The van der Waals surface area contributed by atoms with Crippen LogP contribution in [0, 0.1) is 5.82 Å². The molecule has 2 aliphatic heterocycles. The Kier molecular flexibility index (Phi) is 4.51. The molecule has 0 fully saturated rings. The lowest BCUT2D eigenvalue weighted by Crippen LogP contribution is -2.46. The predicted octanol–water partition coefficient (Wildman–Crippen LogP) is 2.93. The van der Waals surface area contributed by atoms with Gasteiger partial charge in [0.05, 0.1) is 6.61 Å². The largest absolute Gasteiger partial charge is 0.488 e. The van der Waals surface area contributed by atoms with Gasteiger partial charge in [-0.2, -0.15) is 0 Å². The molecule has 28 heavy (non-hydrogen) atoms. The molecular formula is C20H19ClFN3O3. The fourth-order valence-electron chi connectivity index (χ4n) is 3.80. The Balaban J connectivity index is 1.88. The van der Waals surface area contributed by atoms with Crippen molar-refractivity contribution in [3.8, 4) is 16.9 Å². The average molecular weight is 404 g/mol. The Bertz CT molecular complexity index is 976. The minimum atomic E-state index is -1.19. The smallest absolute Gasteiger partial charge is 0.261 e. The molecule has 2 heterocycles. The third-order valence-corrected chi connectivity index (χ3v) is 5.32. The van der Waals surface area contributed by atoms with Crippen molar-refractivity contribution in [2.75, 3.05) is 20.8 Å². The van der Waals surface area contributed by atoms with Gasteiger partial charge in [-0.25, -0.2) is 9.38 Å². The van der Waals surface area contributed by atoms with Gasteiger partial charge in [-0.15, -0.1) is 0 Å². The minimum absolute atomic E-state index is 0.146. The van der Waals surface area contributed by atoms with Crippen LogP contribution in [0.2, 0.25) is 5.02 Å². The summed E-state index contributed by atoms with van der Waals surface area (Å²) in [7, 11) is 3.16. The number of likely N-dealkylation sites (N-methyl/N-ethyl adjacent to an activating group) is 1. The third kappa shape index (κ3) is 2.91. The molecule has 0 aromatic heterocycles. The summed E-state index contributed by atoms with van der Waals surface area (Å²) in [5.74, 6) is 0.00308. The number of hydrogen-bond donors (Lipinski definition) is 1. The van der Waals surface area contributed by atoms with E-state index in [1.54, 1.807) is 38.4 Å². The van der Waals surface area contributed by atoms with Gasteiger partial charge in [-0.1, -0.05) is 17.7 Å². The van der Waals surface area contributed by atoms with Crippen molar-refractivity contribution in [1.29, 1.82) is 0 Å². The first-order valence-electron chi connectivity index (χ1n) is 8.74. The van der Waals surface area contributed by atoms with Gasteiger partial charge in [-0.3, -0.25) is 9.69 Å². The Morgan fingerprint density at radius 2 is 2.14 bits per heavy atom. The molecule has 1 amide bonds. The van der Waals surface area contributed by atoms with Crippen molar-refractivity contribution in [2.45, 2.75) is 18.1 Å². The molecular weight excluding hydrogens is 385 g/mol. The molecule has 4 rings (SSSR count). The van der Waals surface area contributed by atoms with Crippen molar-refractivity contribution in [2.24, 2.45) is 10.7 Å². The van der Waals surface area contributed by atoms with E-state index in [0.29, 0.717) is 35.5 Å². The van der Waals surface area contributed by atoms with Crippen molar-refractivity contribution in [3.63, 3.8) is 0 Å². The number of guanidine groups is 1.